The van der Waals surface area contributed by atoms with Crippen LogP contribution in [0.15, 0.2) is 30.9 Å². The number of aliphatic carboxylic acids is 1. The Labute approximate surface area is 194 Å². The number of halogens is 2. The van der Waals surface area contributed by atoms with E-state index in [2.05, 4.69) is 6.58 Å². The molecule has 4 rings (SSSR count). The number of piperazine rings is 1. The zero-order valence-electron chi connectivity index (χ0n) is 18.4. The molecular weight excluding hydrogens is 452 g/mol. The number of nitrogens with zero attached hydrogens (tertiary/aromatic N) is 3. The van der Waals surface area contributed by atoms with Gasteiger partial charge in [0.1, 0.15) is 30.0 Å². The number of carbonyl (C=O) groups excluding carboxylic acids is 3. The lowest BCUT2D eigenvalue weighted by molar-refractivity contribution is -0.161. The van der Waals surface area contributed by atoms with Crippen molar-refractivity contribution in [3.05, 3.63) is 42.5 Å². The zero-order chi connectivity index (χ0) is 24.6. The molecule has 9 nitrogen and oxygen atoms in total. The molecule has 3 fully saturated rings. The van der Waals surface area contributed by atoms with E-state index < -0.39 is 47.0 Å². The summed E-state index contributed by atoms with van der Waals surface area (Å²) in [5.74, 6) is -4.77. The molecule has 11 heteroatoms. The van der Waals surface area contributed by atoms with Crippen LogP contribution in [0.5, 0.6) is 5.75 Å². The van der Waals surface area contributed by atoms with Gasteiger partial charge in [0.05, 0.1) is 0 Å². The summed E-state index contributed by atoms with van der Waals surface area (Å²) in [5, 5.41) is 9.52. The van der Waals surface area contributed by atoms with Crippen LogP contribution in [0.25, 0.3) is 0 Å². The van der Waals surface area contributed by atoms with Crippen LogP contribution < -0.4 is 4.74 Å². The molecule has 1 saturated carbocycles. The van der Waals surface area contributed by atoms with Gasteiger partial charge >= 0.3 is 5.97 Å². The van der Waals surface area contributed by atoms with Crippen LogP contribution in [-0.2, 0) is 19.2 Å². The van der Waals surface area contributed by atoms with Crippen molar-refractivity contribution in [1.82, 2.24) is 14.7 Å². The Hall–Kier alpha value is -3.50. The number of amides is 3. The second kappa shape index (κ2) is 9.03. The normalized spacial score (nSPS) is 22.0. The van der Waals surface area contributed by atoms with Crippen LogP contribution in [0.3, 0.4) is 0 Å². The zero-order valence-corrected chi connectivity index (χ0v) is 18.4. The van der Waals surface area contributed by atoms with E-state index in [1.54, 1.807) is 0 Å². The Morgan fingerprint density at radius 3 is 2.56 bits per heavy atom. The van der Waals surface area contributed by atoms with Gasteiger partial charge in [-0.05, 0) is 43.9 Å². The maximum absolute atomic E-state index is 13.6. The molecule has 1 aliphatic carbocycles. The van der Waals surface area contributed by atoms with Gasteiger partial charge in [0.15, 0.2) is 11.6 Å². The lowest BCUT2D eigenvalue weighted by Crippen LogP contribution is -2.66. The highest BCUT2D eigenvalue weighted by molar-refractivity contribution is 6.00. The summed E-state index contributed by atoms with van der Waals surface area (Å²) in [6.07, 6.45) is 2.80. The summed E-state index contributed by atoms with van der Waals surface area (Å²) in [6.45, 7) is 3.51. The number of ether oxygens (including phenoxy) is 1. The van der Waals surface area contributed by atoms with Gasteiger partial charge in [0.2, 0.25) is 17.7 Å². The predicted octanol–water partition coefficient (Wildman–Crippen LogP) is 1.18. The van der Waals surface area contributed by atoms with E-state index in [1.165, 1.54) is 20.8 Å². The van der Waals surface area contributed by atoms with Gasteiger partial charge in [-0.25, -0.2) is 13.6 Å². The first kappa shape index (κ1) is 23.7. The quantitative estimate of drug-likeness (QED) is 0.591. The molecule has 0 bridgehead atoms. The fraction of sp³-hybridized carbons (Fsp3) is 0.478. The molecule has 3 amide bonds. The van der Waals surface area contributed by atoms with Crippen molar-refractivity contribution in [2.24, 2.45) is 0 Å². The second-order valence-corrected chi connectivity index (χ2v) is 8.65. The minimum absolute atomic E-state index is 0.0310. The van der Waals surface area contributed by atoms with Crippen LogP contribution in [0.4, 0.5) is 8.78 Å². The van der Waals surface area contributed by atoms with E-state index in [4.69, 9.17) is 4.74 Å². The molecule has 182 valence electrons. The summed E-state index contributed by atoms with van der Waals surface area (Å²) in [6, 6.07) is 0.691. The molecule has 0 aromatic heterocycles. The molecule has 0 unspecified atom stereocenters. The summed E-state index contributed by atoms with van der Waals surface area (Å²) in [7, 11) is 0. The minimum Gasteiger partial charge on any atom is -0.491 e. The Morgan fingerprint density at radius 1 is 1.21 bits per heavy atom. The SMILES string of the molecule is C=CC(=O)N1CCN([C@@H](COc2ccc(F)c(F)c2)C(=O)N2CCC[C@H]2C(=O)O)C(=O)C12CC2. The van der Waals surface area contributed by atoms with Crippen LogP contribution >= 0.6 is 0 Å². The topological polar surface area (TPSA) is 107 Å². The van der Waals surface area contributed by atoms with Gasteiger partial charge in [0.25, 0.3) is 0 Å². The number of carbonyl (C=O) groups is 4. The number of rotatable bonds is 7. The lowest BCUT2D eigenvalue weighted by Gasteiger charge is -2.44. The summed E-state index contributed by atoms with van der Waals surface area (Å²) in [5.41, 5.74) is -1.05. The van der Waals surface area contributed by atoms with Crippen molar-refractivity contribution in [3.63, 3.8) is 0 Å². The highest BCUT2D eigenvalue weighted by Crippen LogP contribution is 2.46. The molecule has 3 aliphatic rings. The maximum Gasteiger partial charge on any atom is 0.326 e. The number of hydrogen-bond acceptors (Lipinski definition) is 5. The fourth-order valence-corrected chi connectivity index (χ4v) is 4.75. The summed E-state index contributed by atoms with van der Waals surface area (Å²) >= 11 is 0. The molecular formula is C23H25F2N3O6. The smallest absolute Gasteiger partial charge is 0.326 e. The molecule has 0 radical (unpaired) electrons. The van der Waals surface area contributed by atoms with Crippen molar-refractivity contribution < 1.29 is 37.8 Å². The molecule has 1 spiro atoms. The number of carboxylic acids is 1. The Balaban J connectivity index is 1.61. The van der Waals surface area contributed by atoms with E-state index in [0.717, 1.165) is 18.2 Å². The van der Waals surface area contributed by atoms with Crippen LogP contribution in [0, 0.1) is 11.6 Å². The van der Waals surface area contributed by atoms with E-state index in [1.807, 2.05) is 0 Å². The average molecular weight is 477 g/mol. The average Bonchev–Trinajstić information content (AvgIpc) is 3.43. The molecule has 2 atom stereocenters. The number of carboxylic acid groups (broad SMARTS) is 1. The first-order valence-electron chi connectivity index (χ1n) is 11.1. The van der Waals surface area contributed by atoms with Gasteiger partial charge in [-0.1, -0.05) is 6.58 Å². The van der Waals surface area contributed by atoms with Crippen molar-refractivity contribution in [2.75, 3.05) is 26.2 Å². The number of likely N-dealkylation sites (tertiary alicyclic amines) is 1. The Morgan fingerprint density at radius 2 is 1.94 bits per heavy atom. The molecule has 1 N–H and O–H groups in total. The van der Waals surface area contributed by atoms with Crippen LogP contribution in [-0.4, -0.2) is 87.4 Å². The highest BCUT2D eigenvalue weighted by atomic mass is 19.2. The third-order valence-corrected chi connectivity index (χ3v) is 6.69. The predicted molar refractivity (Wildman–Crippen MR) is 114 cm³/mol. The fourth-order valence-electron chi connectivity index (χ4n) is 4.75. The summed E-state index contributed by atoms with van der Waals surface area (Å²) in [4.78, 5) is 54.9. The van der Waals surface area contributed by atoms with E-state index in [-0.39, 0.29) is 44.3 Å². The van der Waals surface area contributed by atoms with Crippen molar-refractivity contribution >= 4 is 23.7 Å². The first-order chi connectivity index (χ1) is 16.2. The standard InChI is InChI=1S/C23H25F2N3O6/c1-2-19(29)28-11-10-27(22(33)23(28)7-8-23)18(13-34-14-5-6-15(24)16(25)12-14)20(30)26-9-3-4-17(26)21(31)32/h2,5-6,12,17-18H,1,3-4,7-11,13H2,(H,31,32)/t17-,18-/m0/s1. The van der Waals surface area contributed by atoms with Gasteiger partial charge < -0.3 is 24.5 Å². The molecule has 2 saturated heterocycles. The third kappa shape index (κ3) is 4.10. The molecule has 2 aliphatic heterocycles. The van der Waals surface area contributed by atoms with E-state index in [9.17, 15) is 33.1 Å². The monoisotopic (exact) mass is 477 g/mol. The largest absolute Gasteiger partial charge is 0.491 e. The first-order valence-corrected chi connectivity index (χ1v) is 11.1. The van der Waals surface area contributed by atoms with Crippen LogP contribution in [0.1, 0.15) is 25.7 Å². The van der Waals surface area contributed by atoms with Crippen molar-refractivity contribution in [1.29, 1.82) is 0 Å². The number of hydrogen-bond donors (Lipinski definition) is 1. The second-order valence-electron chi connectivity index (χ2n) is 8.65. The van der Waals surface area contributed by atoms with E-state index in [0.29, 0.717) is 19.3 Å². The summed E-state index contributed by atoms with van der Waals surface area (Å²) < 4.78 is 32.5. The van der Waals surface area contributed by atoms with Gasteiger partial charge in [0, 0.05) is 25.7 Å². The highest BCUT2D eigenvalue weighted by Gasteiger charge is 2.61. The number of benzene rings is 1. The molecule has 2 heterocycles. The Bertz CT molecular complexity index is 1040. The molecule has 34 heavy (non-hydrogen) atoms. The molecule has 1 aromatic carbocycles. The van der Waals surface area contributed by atoms with Gasteiger partial charge in [-0.15, -0.1) is 0 Å². The van der Waals surface area contributed by atoms with Gasteiger partial charge in [-0.2, -0.15) is 0 Å². The molecule has 1 aromatic rings. The van der Waals surface area contributed by atoms with Crippen LogP contribution in [0.2, 0.25) is 0 Å². The van der Waals surface area contributed by atoms with Crippen molar-refractivity contribution in [2.45, 2.75) is 43.3 Å². The third-order valence-electron chi connectivity index (χ3n) is 6.69. The van der Waals surface area contributed by atoms with Gasteiger partial charge in [-0.3, -0.25) is 14.4 Å². The van der Waals surface area contributed by atoms with Crippen molar-refractivity contribution in [3.8, 4) is 5.75 Å². The minimum atomic E-state index is -1.20. The van der Waals surface area contributed by atoms with E-state index >= 15 is 0 Å². The Kier molecular flexibility index (Phi) is 6.28. The maximum atomic E-state index is 13.6. The lowest BCUT2D eigenvalue weighted by atomic mass is 10.0.